The number of aromatic nitrogens is 2. The molecule has 2 heterocycles. The van der Waals surface area contributed by atoms with Crippen LogP contribution in [0, 0.1) is 0 Å². The van der Waals surface area contributed by atoms with Crippen LogP contribution >= 0.6 is 0 Å². The van der Waals surface area contributed by atoms with Crippen LogP contribution in [-0.2, 0) is 9.53 Å². The number of aliphatic imine (C=N–C) groups is 1. The molecule has 1 aromatic carbocycles. The number of nitrogen functional groups attached to an aromatic ring is 1. The number of H-pyrrole nitrogens is 1. The molecule has 0 bridgehead atoms. The Morgan fingerprint density at radius 3 is 2.83 bits per heavy atom. The maximum absolute atomic E-state index is 12.3. The number of aromatic amines is 1. The van der Waals surface area contributed by atoms with Crippen molar-refractivity contribution in [2.45, 2.75) is 26.0 Å². The van der Waals surface area contributed by atoms with E-state index in [9.17, 15) is 14.4 Å². The molecule has 3 rings (SSSR count). The maximum atomic E-state index is 12.3. The molecule has 1 atom stereocenters. The molecule has 0 spiro atoms. The van der Waals surface area contributed by atoms with Crippen LogP contribution in [-0.4, -0.2) is 47.4 Å². The van der Waals surface area contributed by atoms with Gasteiger partial charge in [0.25, 0.3) is 17.9 Å². The lowest BCUT2D eigenvalue weighted by molar-refractivity contribution is -0.134. The number of nitrogens with two attached hydrogens (primary N) is 1. The minimum absolute atomic E-state index is 0.0332. The second kappa shape index (κ2) is 9.54. The molecule has 1 unspecified atom stereocenters. The summed E-state index contributed by atoms with van der Waals surface area (Å²) in [6.07, 6.45) is 0.652. The summed E-state index contributed by atoms with van der Waals surface area (Å²) < 4.78 is 4.86. The number of benzene rings is 1. The van der Waals surface area contributed by atoms with Crippen molar-refractivity contribution < 1.29 is 14.3 Å². The standard InChI is InChI=1S/C19H23N7O4/c1-2-3-14(30-10-27)24-17(28)11-4-6-12(7-5-11)21-8-13-9-22-16-15(23-13)18(29)26-19(20)25-16/h4-7,10,14,21H,2-3,8-9H2,1H3,(H,24,28)(H4,20,22,25,26,29). The average molecular weight is 413 g/mol. The molecule has 2 aromatic rings. The van der Waals surface area contributed by atoms with Crippen LogP contribution < -0.4 is 27.2 Å². The molecular formula is C19H23N7O4. The zero-order valence-corrected chi connectivity index (χ0v) is 16.4. The Labute approximate surface area is 172 Å². The van der Waals surface area contributed by atoms with Gasteiger partial charge in [0, 0.05) is 17.7 Å². The number of amides is 1. The zero-order chi connectivity index (χ0) is 21.5. The van der Waals surface area contributed by atoms with Gasteiger partial charge in [-0.05, 0) is 24.3 Å². The van der Waals surface area contributed by atoms with Crippen LogP contribution in [0.2, 0.25) is 0 Å². The van der Waals surface area contributed by atoms with E-state index < -0.39 is 11.8 Å². The normalized spacial score (nSPS) is 13.3. The van der Waals surface area contributed by atoms with Crippen molar-refractivity contribution in [1.29, 1.82) is 0 Å². The molecule has 30 heavy (non-hydrogen) atoms. The van der Waals surface area contributed by atoms with Crippen molar-refractivity contribution in [3.8, 4) is 0 Å². The predicted molar refractivity (Wildman–Crippen MR) is 113 cm³/mol. The Balaban J connectivity index is 1.59. The molecule has 11 heteroatoms. The third-order valence-corrected chi connectivity index (χ3v) is 4.35. The third-order valence-electron chi connectivity index (χ3n) is 4.35. The number of rotatable bonds is 9. The summed E-state index contributed by atoms with van der Waals surface area (Å²) in [5.41, 5.74) is 7.25. The minimum atomic E-state index is -0.648. The highest BCUT2D eigenvalue weighted by atomic mass is 16.5. The lowest BCUT2D eigenvalue weighted by atomic mass is 10.2. The van der Waals surface area contributed by atoms with Crippen LogP contribution in [0.1, 0.15) is 30.1 Å². The average Bonchev–Trinajstić information content (AvgIpc) is 2.73. The first kappa shape index (κ1) is 20.8. The van der Waals surface area contributed by atoms with E-state index in [1.807, 2.05) is 6.92 Å². The summed E-state index contributed by atoms with van der Waals surface area (Å²) in [5, 5.41) is 8.88. The van der Waals surface area contributed by atoms with Gasteiger partial charge in [0.15, 0.2) is 17.7 Å². The number of carbonyl (C=O) groups excluding carboxylic acids is 2. The lowest BCUT2D eigenvalue weighted by Gasteiger charge is -2.17. The van der Waals surface area contributed by atoms with E-state index in [1.54, 1.807) is 24.3 Å². The molecule has 0 saturated carbocycles. The summed E-state index contributed by atoms with van der Waals surface area (Å²) >= 11 is 0. The first-order valence-corrected chi connectivity index (χ1v) is 9.44. The van der Waals surface area contributed by atoms with E-state index >= 15 is 0 Å². The Morgan fingerprint density at radius 2 is 2.13 bits per heavy atom. The van der Waals surface area contributed by atoms with E-state index in [4.69, 9.17) is 10.5 Å². The van der Waals surface area contributed by atoms with Gasteiger partial charge >= 0.3 is 0 Å². The first-order chi connectivity index (χ1) is 14.5. The topological polar surface area (TPSA) is 164 Å². The van der Waals surface area contributed by atoms with Crippen molar-refractivity contribution in [2.75, 3.05) is 29.5 Å². The number of nitrogens with one attached hydrogen (secondary N) is 4. The fraction of sp³-hybridized carbons (Fsp3) is 0.316. The van der Waals surface area contributed by atoms with Crippen LogP contribution in [0.15, 0.2) is 34.1 Å². The van der Waals surface area contributed by atoms with Crippen molar-refractivity contribution in [3.05, 3.63) is 40.2 Å². The Morgan fingerprint density at radius 1 is 1.37 bits per heavy atom. The van der Waals surface area contributed by atoms with Gasteiger partial charge in [-0.3, -0.25) is 19.4 Å². The van der Waals surface area contributed by atoms with E-state index in [-0.39, 0.29) is 17.5 Å². The Bertz CT molecular complexity index is 1000. The highest BCUT2D eigenvalue weighted by molar-refractivity contribution is 5.97. The largest absolute Gasteiger partial charge is 0.444 e. The second-order valence-corrected chi connectivity index (χ2v) is 6.59. The Kier molecular flexibility index (Phi) is 6.63. The monoisotopic (exact) mass is 413 g/mol. The summed E-state index contributed by atoms with van der Waals surface area (Å²) in [7, 11) is 0. The molecule has 158 valence electrons. The number of hydrogen-bond donors (Lipinski definition) is 5. The molecule has 0 radical (unpaired) electrons. The van der Waals surface area contributed by atoms with E-state index in [0.717, 1.165) is 17.8 Å². The van der Waals surface area contributed by atoms with E-state index in [0.29, 0.717) is 37.4 Å². The number of ether oxygens (including phenoxy) is 1. The van der Waals surface area contributed by atoms with Gasteiger partial charge < -0.3 is 26.4 Å². The molecule has 0 saturated heterocycles. The van der Waals surface area contributed by atoms with Crippen molar-refractivity contribution in [2.24, 2.45) is 4.99 Å². The van der Waals surface area contributed by atoms with Crippen LogP contribution in [0.5, 0.6) is 0 Å². The molecule has 0 fully saturated rings. The smallest absolute Gasteiger partial charge is 0.295 e. The first-order valence-electron chi connectivity index (χ1n) is 9.44. The minimum Gasteiger partial charge on any atom is -0.444 e. The fourth-order valence-corrected chi connectivity index (χ4v) is 2.87. The molecule has 1 amide bonds. The SMILES string of the molecule is CCCC(NC(=O)c1ccc(NCC2=Nc3c(nc(N)[nH]c3=O)NC2)cc1)OC=O. The number of nitrogens with zero attached hydrogens (tertiary/aromatic N) is 2. The molecular weight excluding hydrogens is 390 g/mol. The summed E-state index contributed by atoms with van der Waals surface area (Å²) in [4.78, 5) is 45.5. The van der Waals surface area contributed by atoms with Crippen LogP contribution in [0.3, 0.4) is 0 Å². The number of anilines is 3. The van der Waals surface area contributed by atoms with Crippen molar-refractivity contribution >= 4 is 41.2 Å². The van der Waals surface area contributed by atoms with Crippen molar-refractivity contribution in [3.63, 3.8) is 0 Å². The zero-order valence-electron chi connectivity index (χ0n) is 16.4. The highest BCUT2D eigenvalue weighted by Crippen LogP contribution is 2.21. The van der Waals surface area contributed by atoms with Gasteiger partial charge in [-0.15, -0.1) is 0 Å². The molecule has 0 aliphatic carbocycles. The maximum Gasteiger partial charge on any atom is 0.295 e. The third kappa shape index (κ3) is 5.13. The van der Waals surface area contributed by atoms with Gasteiger partial charge in [0.05, 0.1) is 18.8 Å². The molecule has 1 aliphatic heterocycles. The molecule has 1 aromatic heterocycles. The predicted octanol–water partition coefficient (Wildman–Crippen LogP) is 0.991. The van der Waals surface area contributed by atoms with Gasteiger partial charge in [0.2, 0.25) is 5.95 Å². The molecule has 11 nitrogen and oxygen atoms in total. The fourth-order valence-electron chi connectivity index (χ4n) is 2.87. The lowest BCUT2D eigenvalue weighted by Crippen LogP contribution is -2.36. The van der Waals surface area contributed by atoms with E-state index in [1.165, 1.54) is 0 Å². The molecule has 1 aliphatic rings. The van der Waals surface area contributed by atoms with Crippen LogP contribution in [0.4, 0.5) is 23.1 Å². The highest BCUT2D eigenvalue weighted by Gasteiger charge is 2.17. The summed E-state index contributed by atoms with van der Waals surface area (Å²) in [5.74, 6) is 0.0616. The van der Waals surface area contributed by atoms with Gasteiger partial charge in [0.1, 0.15) is 0 Å². The van der Waals surface area contributed by atoms with Gasteiger partial charge in [-0.2, -0.15) is 4.98 Å². The van der Waals surface area contributed by atoms with Gasteiger partial charge in [-0.1, -0.05) is 13.3 Å². The quantitative estimate of drug-likeness (QED) is 0.300. The van der Waals surface area contributed by atoms with Crippen LogP contribution in [0.25, 0.3) is 0 Å². The Hall–Kier alpha value is -3.89. The molecule has 6 N–H and O–H groups in total. The number of fused-ring (bicyclic) bond motifs is 1. The summed E-state index contributed by atoms with van der Waals surface area (Å²) in [6, 6.07) is 6.83. The second-order valence-electron chi connectivity index (χ2n) is 6.59. The summed E-state index contributed by atoms with van der Waals surface area (Å²) in [6.45, 7) is 3.08. The number of carbonyl (C=O) groups is 2. The van der Waals surface area contributed by atoms with E-state index in [2.05, 4.69) is 30.9 Å². The van der Waals surface area contributed by atoms with Crippen molar-refractivity contribution in [1.82, 2.24) is 15.3 Å². The van der Waals surface area contributed by atoms with Gasteiger partial charge in [-0.25, -0.2) is 4.99 Å². The number of hydrogen-bond acceptors (Lipinski definition) is 9.